The summed E-state index contributed by atoms with van der Waals surface area (Å²) in [6, 6.07) is 67.0. The van der Waals surface area contributed by atoms with Crippen molar-refractivity contribution < 1.29 is 0 Å². The fourth-order valence-corrected chi connectivity index (χ4v) is 10.2. The van der Waals surface area contributed by atoms with Gasteiger partial charge in [0, 0.05) is 71.7 Å². The summed E-state index contributed by atoms with van der Waals surface area (Å²) in [7, 11) is 0. The minimum atomic E-state index is 1.03. The largest absolute Gasteiger partial charge is 0.313 e. The van der Waals surface area contributed by atoms with Crippen LogP contribution in [0.1, 0.15) is 17.7 Å². The molecule has 4 heterocycles. The van der Waals surface area contributed by atoms with Crippen molar-refractivity contribution in [3.63, 3.8) is 0 Å². The van der Waals surface area contributed by atoms with Crippen molar-refractivity contribution in [3.8, 4) is 22.7 Å². The maximum absolute atomic E-state index is 2.50. The summed E-state index contributed by atoms with van der Waals surface area (Å²) in [6.07, 6.45) is 6.75. The Bertz CT molecular complexity index is 3660. The summed E-state index contributed by atoms with van der Waals surface area (Å²) in [6.45, 7) is 0. The third-order valence-corrected chi connectivity index (χ3v) is 12.6. The van der Waals surface area contributed by atoms with E-state index in [0.717, 1.165) is 29.9 Å². The molecule has 0 bridgehead atoms. The van der Waals surface area contributed by atoms with Crippen molar-refractivity contribution in [1.82, 2.24) is 18.3 Å². The van der Waals surface area contributed by atoms with Gasteiger partial charge < -0.3 is 18.3 Å². The molecule has 0 spiro atoms. The van der Waals surface area contributed by atoms with Crippen LogP contribution in [0.2, 0.25) is 0 Å². The van der Waals surface area contributed by atoms with Crippen LogP contribution < -0.4 is 0 Å². The number of nitrogens with zero attached hydrogens (tertiary/aromatic N) is 4. The number of hydrogen-bond donors (Lipinski definition) is 0. The topological polar surface area (TPSA) is 19.7 Å². The van der Waals surface area contributed by atoms with Gasteiger partial charge in [0.2, 0.25) is 0 Å². The summed E-state index contributed by atoms with van der Waals surface area (Å²) in [5.41, 5.74) is 15.9. The average molecular weight is 741 g/mol. The number of aromatic nitrogens is 4. The summed E-state index contributed by atoms with van der Waals surface area (Å²) in [4.78, 5) is 0. The van der Waals surface area contributed by atoms with Crippen LogP contribution in [-0.4, -0.2) is 18.3 Å². The van der Waals surface area contributed by atoms with Crippen molar-refractivity contribution >= 4 is 82.4 Å². The second-order valence-corrected chi connectivity index (χ2v) is 15.6. The maximum Gasteiger partial charge on any atom is 0.0641 e. The fourth-order valence-electron chi connectivity index (χ4n) is 10.2. The van der Waals surface area contributed by atoms with Gasteiger partial charge in [-0.25, -0.2) is 0 Å². The Morgan fingerprint density at radius 2 is 0.879 bits per heavy atom. The molecule has 4 heteroatoms. The van der Waals surface area contributed by atoms with Crippen LogP contribution in [-0.2, 0) is 6.42 Å². The molecule has 4 nitrogen and oxygen atoms in total. The van der Waals surface area contributed by atoms with E-state index in [4.69, 9.17) is 0 Å². The predicted molar refractivity (Wildman–Crippen MR) is 244 cm³/mol. The second kappa shape index (κ2) is 12.0. The van der Waals surface area contributed by atoms with Crippen LogP contribution in [0.25, 0.3) is 105 Å². The molecule has 1 aliphatic rings. The highest BCUT2D eigenvalue weighted by Crippen LogP contribution is 2.44. The van der Waals surface area contributed by atoms with E-state index >= 15 is 0 Å². The van der Waals surface area contributed by atoms with Gasteiger partial charge in [-0.3, -0.25) is 0 Å². The first kappa shape index (κ1) is 31.6. The molecule has 58 heavy (non-hydrogen) atoms. The van der Waals surface area contributed by atoms with Gasteiger partial charge in [0.1, 0.15) is 0 Å². The van der Waals surface area contributed by atoms with E-state index in [9.17, 15) is 0 Å². The molecule has 8 aromatic carbocycles. The van der Waals surface area contributed by atoms with Crippen LogP contribution in [0.5, 0.6) is 0 Å². The lowest BCUT2D eigenvalue weighted by atomic mass is 10.0. The van der Waals surface area contributed by atoms with Crippen molar-refractivity contribution in [3.05, 3.63) is 199 Å². The quantitative estimate of drug-likeness (QED) is 0.171. The van der Waals surface area contributed by atoms with E-state index in [2.05, 4.69) is 212 Å². The minimum Gasteiger partial charge on any atom is -0.313 e. The Kier molecular flexibility index (Phi) is 6.53. The molecule has 0 aliphatic heterocycles. The number of benzene rings is 8. The molecular weight excluding hydrogens is 705 g/mol. The first-order valence-electron chi connectivity index (χ1n) is 20.3. The molecular formula is C54H36N4. The Morgan fingerprint density at radius 3 is 1.60 bits per heavy atom. The normalized spacial score (nSPS) is 13.0. The van der Waals surface area contributed by atoms with Gasteiger partial charge in [0.25, 0.3) is 0 Å². The lowest BCUT2D eigenvalue weighted by Crippen LogP contribution is -2.02. The highest BCUT2D eigenvalue weighted by molar-refractivity contribution is 6.26. The molecule has 0 saturated heterocycles. The molecule has 0 N–H and O–H groups in total. The molecule has 272 valence electrons. The Balaban J connectivity index is 1.10. The van der Waals surface area contributed by atoms with Crippen molar-refractivity contribution in [2.75, 3.05) is 0 Å². The van der Waals surface area contributed by atoms with E-state index in [-0.39, 0.29) is 0 Å². The molecule has 0 radical (unpaired) electrons. The first-order valence-corrected chi connectivity index (χ1v) is 20.3. The number of hydrogen-bond acceptors (Lipinski definition) is 0. The van der Waals surface area contributed by atoms with Gasteiger partial charge in [0.15, 0.2) is 0 Å². The molecule has 0 amide bonds. The van der Waals surface area contributed by atoms with Gasteiger partial charge in [-0.05, 0) is 91.7 Å². The minimum absolute atomic E-state index is 1.03. The van der Waals surface area contributed by atoms with E-state index in [0.29, 0.717) is 0 Å². The molecule has 0 unspecified atom stereocenters. The Hall–Kier alpha value is -7.56. The number of allylic oxidation sites excluding steroid dienone is 1. The van der Waals surface area contributed by atoms with E-state index in [1.165, 1.54) is 93.3 Å². The van der Waals surface area contributed by atoms with Gasteiger partial charge in [-0.1, -0.05) is 115 Å². The van der Waals surface area contributed by atoms with Gasteiger partial charge in [-0.2, -0.15) is 0 Å². The van der Waals surface area contributed by atoms with Crippen LogP contribution in [0.4, 0.5) is 0 Å². The van der Waals surface area contributed by atoms with Gasteiger partial charge in [-0.15, -0.1) is 0 Å². The molecule has 4 aromatic heterocycles. The Morgan fingerprint density at radius 1 is 0.328 bits per heavy atom. The summed E-state index contributed by atoms with van der Waals surface area (Å²) in [5.74, 6) is 0. The SMILES string of the molecule is C1=Cc2c(n(-c3ccccc3)c3cc4c(cc23)c2ccccc2n4-c2cccc(-n3c4ccccc4c4c3ccc3c5ccccc5n(-c5ccccc5)c34)c2)CC1. The second-order valence-electron chi connectivity index (χ2n) is 15.6. The lowest BCUT2D eigenvalue weighted by Gasteiger charge is -2.14. The van der Waals surface area contributed by atoms with E-state index in [1.54, 1.807) is 0 Å². The van der Waals surface area contributed by atoms with Crippen LogP contribution >= 0.6 is 0 Å². The summed E-state index contributed by atoms with van der Waals surface area (Å²) in [5, 5.41) is 8.87. The zero-order chi connectivity index (χ0) is 37.9. The Labute approximate surface area is 334 Å². The van der Waals surface area contributed by atoms with Crippen LogP contribution in [0.3, 0.4) is 0 Å². The maximum atomic E-state index is 2.50. The molecule has 0 saturated carbocycles. The zero-order valence-electron chi connectivity index (χ0n) is 31.7. The number of fused-ring (bicyclic) bond motifs is 13. The van der Waals surface area contributed by atoms with E-state index < -0.39 is 0 Å². The smallest absolute Gasteiger partial charge is 0.0641 e. The monoisotopic (exact) mass is 740 g/mol. The third-order valence-electron chi connectivity index (χ3n) is 12.6. The molecule has 12 aromatic rings. The molecule has 0 atom stereocenters. The van der Waals surface area contributed by atoms with E-state index in [1.807, 2.05) is 0 Å². The van der Waals surface area contributed by atoms with Crippen molar-refractivity contribution in [2.24, 2.45) is 0 Å². The molecule has 13 rings (SSSR count). The highest BCUT2D eigenvalue weighted by atomic mass is 15.0. The first-order chi connectivity index (χ1) is 28.8. The van der Waals surface area contributed by atoms with Crippen LogP contribution in [0.15, 0.2) is 188 Å². The fraction of sp³-hybridized carbons (Fsp3) is 0.0370. The standard InChI is InChI=1S/C54H36N4/c1-3-16-35(17-4-1)55-46-26-11-8-23-40(46)44-33-45-41-24-9-12-27-47(41)57(52(45)34-51(44)55)38-21-15-20-37(32-38)56-49-29-14-10-25-43(49)53-50(56)31-30-42-39-22-7-13-28-48(39)58(54(42)53)36-18-5-2-6-19-36/h1-10,12-25,27-34H,11,26H2. The van der Waals surface area contributed by atoms with Gasteiger partial charge >= 0.3 is 0 Å². The highest BCUT2D eigenvalue weighted by Gasteiger charge is 2.24. The number of rotatable bonds is 4. The molecule has 1 aliphatic carbocycles. The van der Waals surface area contributed by atoms with Crippen molar-refractivity contribution in [2.45, 2.75) is 12.8 Å². The zero-order valence-corrected chi connectivity index (χ0v) is 31.7. The molecule has 0 fully saturated rings. The summed E-state index contributed by atoms with van der Waals surface area (Å²) < 4.78 is 9.90. The predicted octanol–water partition coefficient (Wildman–Crippen LogP) is 13.9. The van der Waals surface area contributed by atoms with Gasteiger partial charge in [0.05, 0.1) is 38.6 Å². The number of para-hydroxylation sites is 5. The lowest BCUT2D eigenvalue weighted by molar-refractivity contribution is 0.888. The van der Waals surface area contributed by atoms with Crippen LogP contribution in [0, 0.1) is 0 Å². The van der Waals surface area contributed by atoms with Crippen molar-refractivity contribution in [1.29, 1.82) is 0 Å². The average Bonchev–Trinajstić information content (AvgIpc) is 4.01. The third kappa shape index (κ3) is 4.29. The summed E-state index contributed by atoms with van der Waals surface area (Å²) >= 11 is 0.